The fourth-order valence-corrected chi connectivity index (χ4v) is 8.06. The lowest BCUT2D eigenvalue weighted by Gasteiger charge is -2.39. The highest BCUT2D eigenvalue weighted by atomic mass is 19.1. The maximum atomic E-state index is 15.1. The Morgan fingerprint density at radius 2 is 1.35 bits per heavy atom. The summed E-state index contributed by atoms with van der Waals surface area (Å²) in [5, 5.41) is 1.51. The Bertz CT molecular complexity index is 2010. The van der Waals surface area contributed by atoms with E-state index in [4.69, 9.17) is 9.47 Å². The molecule has 5 aromatic carbocycles. The van der Waals surface area contributed by atoms with Gasteiger partial charge in [-0.15, -0.1) is 0 Å². The van der Waals surface area contributed by atoms with Gasteiger partial charge < -0.3 is 14.4 Å². The molecule has 3 aliphatic rings. The van der Waals surface area contributed by atoms with E-state index in [1.54, 1.807) is 18.2 Å². The summed E-state index contributed by atoms with van der Waals surface area (Å²) in [7, 11) is 0. The Labute approximate surface area is 266 Å². The Hall–Kier alpha value is -4.55. The molecule has 0 radical (unpaired) electrons. The first-order valence-electron chi connectivity index (χ1n) is 16.1. The summed E-state index contributed by atoms with van der Waals surface area (Å²) in [5.74, 6) is -0.418. The summed E-state index contributed by atoms with van der Waals surface area (Å²) in [6, 6.07) is 24.5. The number of rotatable bonds is 5. The zero-order valence-electron chi connectivity index (χ0n) is 25.9. The number of benzene rings is 5. The van der Waals surface area contributed by atoms with E-state index in [-0.39, 0.29) is 17.5 Å². The van der Waals surface area contributed by atoms with Crippen molar-refractivity contribution in [3.8, 4) is 16.9 Å². The SMILES string of the molecule is CCC1(CC)c2cc(F)ccc2-c2c1c1c(c3cc(F)ccc23)OC(c2ccc(F)cc2)(c2ccc(N3CCOCC3)cc2)C=C1. The molecule has 0 amide bonds. The minimum atomic E-state index is -1.11. The van der Waals surface area contributed by atoms with Crippen LogP contribution in [0.5, 0.6) is 5.75 Å². The molecule has 1 fully saturated rings. The molecule has 46 heavy (non-hydrogen) atoms. The molecule has 8 rings (SSSR count). The molecule has 0 N–H and O–H groups in total. The molecule has 6 heteroatoms. The monoisotopic (exact) mass is 617 g/mol. The summed E-state index contributed by atoms with van der Waals surface area (Å²) in [4.78, 5) is 2.29. The van der Waals surface area contributed by atoms with Crippen molar-refractivity contribution in [2.75, 3.05) is 31.2 Å². The summed E-state index contributed by atoms with van der Waals surface area (Å²) in [6.07, 6.45) is 5.64. The molecule has 0 saturated carbocycles. The average molecular weight is 618 g/mol. The van der Waals surface area contributed by atoms with Gasteiger partial charge in [-0.1, -0.05) is 56.3 Å². The maximum absolute atomic E-state index is 15.1. The zero-order chi connectivity index (χ0) is 31.6. The van der Waals surface area contributed by atoms with E-state index in [0.29, 0.717) is 24.3 Å². The highest BCUT2D eigenvalue weighted by Gasteiger charge is 2.47. The standard InChI is InChI=1S/C40H34F3NO2/c1-3-39(4-2)35-24-29(43)12-16-32(35)36-31-15-11-28(42)23-34(31)38-33(37(36)39)17-18-40(46-38,25-5-9-27(41)10-6-25)26-7-13-30(14-8-26)44-19-21-45-22-20-44/h5-18,23-24H,3-4,19-22H2,1-2H3. The van der Waals surface area contributed by atoms with Gasteiger partial charge >= 0.3 is 0 Å². The van der Waals surface area contributed by atoms with Crippen LogP contribution in [0.3, 0.4) is 0 Å². The molecule has 2 aliphatic heterocycles. The summed E-state index contributed by atoms with van der Waals surface area (Å²) in [6.45, 7) is 7.29. The molecule has 1 aliphatic carbocycles. The van der Waals surface area contributed by atoms with Crippen molar-refractivity contribution in [2.24, 2.45) is 0 Å². The third-order valence-electron chi connectivity index (χ3n) is 10.4. The predicted molar refractivity (Wildman–Crippen MR) is 177 cm³/mol. The molecule has 3 nitrogen and oxygen atoms in total. The summed E-state index contributed by atoms with van der Waals surface area (Å²) < 4.78 is 57.0. The van der Waals surface area contributed by atoms with Gasteiger partial charge in [0.05, 0.1) is 13.2 Å². The van der Waals surface area contributed by atoms with Crippen LogP contribution in [0.4, 0.5) is 18.9 Å². The van der Waals surface area contributed by atoms with Crippen LogP contribution >= 0.6 is 0 Å². The van der Waals surface area contributed by atoms with Crippen LogP contribution in [0.2, 0.25) is 0 Å². The van der Waals surface area contributed by atoms with Gasteiger partial charge in [0.1, 0.15) is 23.2 Å². The molecule has 5 aromatic rings. The summed E-state index contributed by atoms with van der Waals surface area (Å²) in [5.41, 5.74) is 6.02. The number of morpholine rings is 1. The van der Waals surface area contributed by atoms with E-state index in [1.807, 2.05) is 18.2 Å². The van der Waals surface area contributed by atoms with Gasteiger partial charge in [-0.25, -0.2) is 13.2 Å². The van der Waals surface area contributed by atoms with Crippen molar-refractivity contribution in [3.63, 3.8) is 0 Å². The minimum absolute atomic E-state index is 0.273. The lowest BCUT2D eigenvalue weighted by molar-refractivity contribution is 0.122. The van der Waals surface area contributed by atoms with Crippen LogP contribution in [0.1, 0.15) is 54.5 Å². The second kappa shape index (κ2) is 10.8. The number of hydrogen-bond donors (Lipinski definition) is 0. The zero-order valence-corrected chi connectivity index (χ0v) is 25.9. The molecule has 232 valence electrons. The molecule has 0 spiro atoms. The molecule has 1 saturated heterocycles. The van der Waals surface area contributed by atoms with E-state index in [0.717, 1.165) is 75.9 Å². The fourth-order valence-electron chi connectivity index (χ4n) is 8.06. The Balaban J connectivity index is 1.39. The number of halogens is 3. The van der Waals surface area contributed by atoms with Crippen molar-refractivity contribution < 1.29 is 22.6 Å². The van der Waals surface area contributed by atoms with Gasteiger partial charge in [-0.3, -0.25) is 0 Å². The van der Waals surface area contributed by atoms with Crippen LogP contribution in [0, 0.1) is 17.5 Å². The second-order valence-corrected chi connectivity index (χ2v) is 12.5. The van der Waals surface area contributed by atoms with Crippen LogP contribution in [0.15, 0.2) is 91.0 Å². The first-order chi connectivity index (χ1) is 22.4. The predicted octanol–water partition coefficient (Wildman–Crippen LogP) is 9.53. The number of ether oxygens (including phenoxy) is 2. The second-order valence-electron chi connectivity index (χ2n) is 12.5. The van der Waals surface area contributed by atoms with Gasteiger partial charge in [0.25, 0.3) is 0 Å². The first-order valence-corrected chi connectivity index (χ1v) is 16.1. The van der Waals surface area contributed by atoms with Crippen LogP contribution in [0.25, 0.3) is 28.0 Å². The topological polar surface area (TPSA) is 21.7 Å². The normalized spacial score (nSPS) is 19.5. The molecular weight excluding hydrogens is 583 g/mol. The number of hydrogen-bond acceptors (Lipinski definition) is 3. The van der Waals surface area contributed by atoms with E-state index >= 15 is 4.39 Å². The van der Waals surface area contributed by atoms with E-state index in [9.17, 15) is 8.78 Å². The average Bonchev–Trinajstić information content (AvgIpc) is 3.38. The quantitative estimate of drug-likeness (QED) is 0.196. The van der Waals surface area contributed by atoms with Crippen molar-refractivity contribution in [1.82, 2.24) is 0 Å². The first kappa shape index (κ1) is 28.9. The third-order valence-corrected chi connectivity index (χ3v) is 10.4. The van der Waals surface area contributed by atoms with Gasteiger partial charge in [0.2, 0.25) is 0 Å². The van der Waals surface area contributed by atoms with E-state index in [2.05, 4.69) is 49.1 Å². The largest absolute Gasteiger partial charge is 0.472 e. The Morgan fingerprint density at radius 1 is 0.717 bits per heavy atom. The third kappa shape index (κ3) is 4.16. The maximum Gasteiger partial charge on any atom is 0.178 e. The molecule has 0 bridgehead atoms. The lowest BCUT2D eigenvalue weighted by Crippen LogP contribution is -2.37. The smallest absolute Gasteiger partial charge is 0.178 e. The highest BCUT2D eigenvalue weighted by molar-refractivity contribution is 6.08. The number of fused-ring (bicyclic) bond motifs is 8. The molecule has 1 unspecified atom stereocenters. The van der Waals surface area contributed by atoms with E-state index < -0.39 is 11.0 Å². The lowest BCUT2D eigenvalue weighted by atomic mass is 9.71. The summed E-state index contributed by atoms with van der Waals surface area (Å²) >= 11 is 0. The molecule has 1 atom stereocenters. The Kier molecular flexibility index (Phi) is 6.77. The van der Waals surface area contributed by atoms with Crippen molar-refractivity contribution in [2.45, 2.75) is 37.7 Å². The number of nitrogens with zero attached hydrogens (tertiary/aromatic N) is 1. The van der Waals surface area contributed by atoms with E-state index in [1.165, 1.54) is 30.3 Å². The van der Waals surface area contributed by atoms with Crippen molar-refractivity contribution in [1.29, 1.82) is 0 Å². The van der Waals surface area contributed by atoms with Gasteiger partial charge in [-0.05, 0) is 95.1 Å². The van der Waals surface area contributed by atoms with Gasteiger partial charge in [0, 0.05) is 46.3 Å². The fraction of sp³-hybridized carbons (Fsp3) is 0.250. The molecule has 0 aromatic heterocycles. The molecule has 2 heterocycles. The van der Waals surface area contributed by atoms with Crippen LogP contribution in [-0.4, -0.2) is 26.3 Å². The minimum Gasteiger partial charge on any atom is -0.472 e. The van der Waals surface area contributed by atoms with Crippen molar-refractivity contribution >= 4 is 22.5 Å². The Morgan fingerprint density at radius 3 is 2.04 bits per heavy atom. The van der Waals surface area contributed by atoms with Crippen LogP contribution in [-0.2, 0) is 15.8 Å². The van der Waals surface area contributed by atoms with Crippen molar-refractivity contribution in [3.05, 3.63) is 136 Å². The number of anilines is 1. The van der Waals surface area contributed by atoms with Crippen LogP contribution < -0.4 is 9.64 Å². The molecular formula is C40H34F3NO2. The highest BCUT2D eigenvalue weighted by Crippen LogP contribution is 2.60. The van der Waals surface area contributed by atoms with Gasteiger partial charge in [-0.2, -0.15) is 0 Å². The van der Waals surface area contributed by atoms with Gasteiger partial charge in [0.15, 0.2) is 5.60 Å².